The number of halogens is 6. The second-order valence-electron chi connectivity index (χ2n) is 6.42. The maximum Gasteiger partial charge on any atom is 0.419 e. The van der Waals surface area contributed by atoms with E-state index in [2.05, 4.69) is 4.98 Å². The minimum absolute atomic E-state index is 0.0210. The molecule has 0 aliphatic carbocycles. The lowest BCUT2D eigenvalue weighted by molar-refractivity contribution is -0.137. The summed E-state index contributed by atoms with van der Waals surface area (Å²) in [5.41, 5.74) is -1.54. The number of imidazole rings is 1. The monoisotopic (exact) mass is 477 g/mol. The minimum atomic E-state index is -4.66. The van der Waals surface area contributed by atoms with E-state index in [0.717, 1.165) is 25.2 Å². The number of alkyl halides is 3. The van der Waals surface area contributed by atoms with E-state index in [-0.39, 0.29) is 27.5 Å². The van der Waals surface area contributed by atoms with Gasteiger partial charge in [-0.25, -0.2) is 13.6 Å². The third-order valence-electron chi connectivity index (χ3n) is 4.31. The molecular formula is C19H13ClF5N3O2S. The highest BCUT2D eigenvalue weighted by Gasteiger charge is 2.33. The number of nitrogens with one attached hydrogen (secondary N) is 1. The summed E-state index contributed by atoms with van der Waals surface area (Å²) in [5.74, 6) is -2.33. The van der Waals surface area contributed by atoms with E-state index in [0.29, 0.717) is 11.0 Å². The predicted octanol–water partition coefficient (Wildman–Crippen LogP) is 6.43. The van der Waals surface area contributed by atoms with Gasteiger partial charge in [-0.15, -0.1) is 0 Å². The molecule has 0 spiro atoms. The largest absolute Gasteiger partial charge is 0.419 e. The van der Waals surface area contributed by atoms with Crippen LogP contribution in [0.5, 0.6) is 5.75 Å². The standard InChI is InChI=1S/C19H13ClF5N3O2S/c1-9-5-10(19(23,24)25)6-15(28-4-3-26-17(28)31)16(9)30-18(29)27(2)14-7-11(20)12(21)8-13(14)22/h3-8H,1-2H3,(H,26,31). The summed E-state index contributed by atoms with van der Waals surface area (Å²) in [7, 11) is 1.13. The number of ether oxygens (including phenoxy) is 1. The molecule has 12 heteroatoms. The molecule has 1 aromatic heterocycles. The van der Waals surface area contributed by atoms with Gasteiger partial charge in [0.1, 0.15) is 11.6 Å². The third kappa shape index (κ3) is 4.57. The van der Waals surface area contributed by atoms with Gasteiger partial charge in [0.25, 0.3) is 0 Å². The van der Waals surface area contributed by atoms with Crippen molar-refractivity contribution in [3.63, 3.8) is 0 Å². The average molecular weight is 478 g/mol. The first-order valence-corrected chi connectivity index (χ1v) is 9.27. The highest BCUT2D eigenvalue weighted by atomic mass is 35.5. The number of aryl methyl sites for hydroxylation is 1. The van der Waals surface area contributed by atoms with Crippen molar-refractivity contribution in [1.82, 2.24) is 9.55 Å². The molecule has 0 aliphatic heterocycles. The van der Waals surface area contributed by atoms with Gasteiger partial charge in [-0.1, -0.05) is 11.6 Å². The van der Waals surface area contributed by atoms with Crippen LogP contribution in [0.1, 0.15) is 11.1 Å². The first-order valence-electron chi connectivity index (χ1n) is 8.48. The molecule has 3 aromatic rings. The summed E-state index contributed by atoms with van der Waals surface area (Å²) in [4.78, 5) is 16.0. The zero-order valence-corrected chi connectivity index (χ0v) is 17.4. The Morgan fingerprint density at radius 3 is 2.45 bits per heavy atom. The molecule has 1 N–H and O–H groups in total. The maximum absolute atomic E-state index is 14.1. The summed E-state index contributed by atoms with van der Waals surface area (Å²) in [5, 5.41) is -0.430. The molecule has 0 aliphatic rings. The van der Waals surface area contributed by atoms with Crippen LogP contribution in [-0.4, -0.2) is 22.7 Å². The van der Waals surface area contributed by atoms with E-state index in [9.17, 15) is 26.7 Å². The summed E-state index contributed by atoms with van der Waals surface area (Å²) >= 11 is 10.7. The molecule has 0 saturated carbocycles. The molecule has 2 aromatic carbocycles. The third-order valence-corrected chi connectivity index (χ3v) is 4.91. The number of hydrogen-bond donors (Lipinski definition) is 1. The van der Waals surface area contributed by atoms with Crippen LogP contribution >= 0.6 is 23.8 Å². The predicted molar refractivity (Wildman–Crippen MR) is 106 cm³/mol. The summed E-state index contributed by atoms with van der Waals surface area (Å²) < 4.78 is 74.0. The van der Waals surface area contributed by atoms with E-state index in [1.165, 1.54) is 23.9 Å². The van der Waals surface area contributed by atoms with Crippen LogP contribution in [0.2, 0.25) is 5.02 Å². The smallest absolute Gasteiger partial charge is 0.407 e. The number of carbonyl (C=O) groups is 1. The topological polar surface area (TPSA) is 50.3 Å². The SMILES string of the molecule is Cc1cc(C(F)(F)F)cc(-n2cc[nH]c2=S)c1OC(=O)N(C)c1cc(Cl)c(F)cc1F. The molecule has 0 radical (unpaired) electrons. The van der Waals surface area contributed by atoms with Crippen LogP contribution in [0.25, 0.3) is 5.69 Å². The number of nitrogens with zero attached hydrogens (tertiary/aromatic N) is 2. The lowest BCUT2D eigenvalue weighted by atomic mass is 10.1. The molecule has 1 heterocycles. The van der Waals surface area contributed by atoms with Gasteiger partial charge in [-0.2, -0.15) is 13.2 Å². The van der Waals surface area contributed by atoms with E-state index in [1.807, 2.05) is 0 Å². The van der Waals surface area contributed by atoms with Gasteiger partial charge < -0.3 is 9.72 Å². The van der Waals surface area contributed by atoms with Crippen LogP contribution in [0, 0.1) is 23.3 Å². The van der Waals surface area contributed by atoms with Gasteiger partial charge in [-0.3, -0.25) is 9.47 Å². The Morgan fingerprint density at radius 2 is 1.87 bits per heavy atom. The second kappa shape index (κ2) is 8.31. The Hall–Kier alpha value is -2.92. The second-order valence-corrected chi connectivity index (χ2v) is 7.21. The summed E-state index contributed by atoms with van der Waals surface area (Å²) in [6.45, 7) is 1.31. The van der Waals surface area contributed by atoms with Crippen molar-refractivity contribution in [2.45, 2.75) is 13.1 Å². The fraction of sp³-hybridized carbons (Fsp3) is 0.158. The number of H-pyrrole nitrogens is 1. The van der Waals surface area contributed by atoms with Gasteiger partial charge in [0.15, 0.2) is 10.5 Å². The van der Waals surface area contributed by atoms with Crippen LogP contribution in [-0.2, 0) is 6.18 Å². The molecule has 31 heavy (non-hydrogen) atoms. The Morgan fingerprint density at radius 1 is 1.19 bits per heavy atom. The molecule has 3 rings (SSSR count). The highest BCUT2D eigenvalue weighted by Crippen LogP contribution is 2.37. The van der Waals surface area contributed by atoms with E-state index < -0.39 is 34.5 Å². The van der Waals surface area contributed by atoms with Gasteiger partial charge in [0, 0.05) is 25.5 Å². The Labute approximate surface area is 182 Å². The highest BCUT2D eigenvalue weighted by molar-refractivity contribution is 7.71. The van der Waals surface area contributed by atoms with Crippen molar-refractivity contribution in [2.24, 2.45) is 0 Å². The quantitative estimate of drug-likeness (QED) is 0.269. The fourth-order valence-corrected chi connectivity index (χ4v) is 3.15. The molecule has 0 atom stereocenters. The number of hydrogen-bond acceptors (Lipinski definition) is 3. The van der Waals surface area contributed by atoms with Gasteiger partial charge in [-0.05, 0) is 42.9 Å². The molecule has 0 saturated heterocycles. The fourth-order valence-electron chi connectivity index (χ4n) is 2.76. The Kier molecular flexibility index (Phi) is 6.10. The number of amides is 1. The molecule has 0 unspecified atom stereocenters. The van der Waals surface area contributed by atoms with Crippen LogP contribution in [0.4, 0.5) is 32.4 Å². The van der Waals surface area contributed by atoms with Gasteiger partial charge in [0.2, 0.25) is 0 Å². The van der Waals surface area contributed by atoms with Gasteiger partial charge in [0.05, 0.1) is 22.0 Å². The molecular weight excluding hydrogens is 465 g/mol. The maximum atomic E-state index is 14.1. The zero-order valence-electron chi connectivity index (χ0n) is 15.9. The number of benzene rings is 2. The number of rotatable bonds is 3. The van der Waals surface area contributed by atoms with Crippen molar-refractivity contribution in [1.29, 1.82) is 0 Å². The van der Waals surface area contributed by atoms with Crippen molar-refractivity contribution in [3.8, 4) is 11.4 Å². The summed E-state index contributed by atoms with van der Waals surface area (Å²) in [6, 6.07) is 2.96. The first kappa shape index (κ1) is 22.8. The lowest BCUT2D eigenvalue weighted by Crippen LogP contribution is -2.31. The number of aromatic nitrogens is 2. The first-order chi connectivity index (χ1) is 14.4. The van der Waals surface area contributed by atoms with Crippen molar-refractivity contribution < 1.29 is 31.5 Å². The number of carbonyl (C=O) groups excluding carboxylic acids is 1. The number of anilines is 1. The van der Waals surface area contributed by atoms with Crippen molar-refractivity contribution in [2.75, 3.05) is 11.9 Å². The molecule has 0 fully saturated rings. The van der Waals surface area contributed by atoms with Crippen molar-refractivity contribution in [3.05, 3.63) is 69.2 Å². The molecule has 164 valence electrons. The van der Waals surface area contributed by atoms with Gasteiger partial charge >= 0.3 is 12.3 Å². The van der Waals surface area contributed by atoms with Crippen molar-refractivity contribution >= 4 is 35.6 Å². The van der Waals surface area contributed by atoms with E-state index in [1.54, 1.807) is 0 Å². The Balaban J connectivity index is 2.07. The zero-order chi connectivity index (χ0) is 23.1. The minimum Gasteiger partial charge on any atom is -0.407 e. The van der Waals surface area contributed by atoms with Crippen LogP contribution in [0.15, 0.2) is 36.7 Å². The normalized spacial score (nSPS) is 11.5. The van der Waals surface area contributed by atoms with E-state index in [4.69, 9.17) is 28.6 Å². The van der Waals surface area contributed by atoms with E-state index >= 15 is 0 Å². The Bertz CT molecular complexity index is 1220. The lowest BCUT2D eigenvalue weighted by Gasteiger charge is -2.21. The molecule has 0 bridgehead atoms. The molecule has 1 amide bonds. The average Bonchev–Trinajstić information content (AvgIpc) is 3.10. The van der Waals surface area contributed by atoms with Crippen LogP contribution < -0.4 is 9.64 Å². The summed E-state index contributed by atoms with van der Waals surface area (Å²) in [6.07, 6.45) is -3.05. The number of aromatic amines is 1. The van der Waals surface area contributed by atoms with Crippen LogP contribution in [0.3, 0.4) is 0 Å². The molecule has 5 nitrogen and oxygen atoms in total.